The normalized spacial score (nSPS) is 10.2. The third-order valence-corrected chi connectivity index (χ3v) is 3.19. The largest absolute Gasteiger partial charge is 0.477 e. The van der Waals surface area contributed by atoms with Gasteiger partial charge < -0.3 is 9.67 Å². The number of aromatic nitrogens is 1. The highest BCUT2D eigenvalue weighted by Crippen LogP contribution is 2.18. The highest BCUT2D eigenvalue weighted by atomic mass is 32.1. The van der Waals surface area contributed by atoms with E-state index in [2.05, 4.69) is 0 Å². The molecule has 0 fully saturated rings. The van der Waals surface area contributed by atoms with Crippen molar-refractivity contribution in [3.63, 3.8) is 0 Å². The van der Waals surface area contributed by atoms with Crippen molar-refractivity contribution in [1.29, 1.82) is 0 Å². The van der Waals surface area contributed by atoms with Crippen LogP contribution in [0.4, 0.5) is 0 Å². The van der Waals surface area contributed by atoms with Crippen molar-refractivity contribution in [3.8, 4) is 0 Å². The SMILES string of the molecule is CCn1c(C)c(C(=O)O)sc1=S. The van der Waals surface area contributed by atoms with E-state index < -0.39 is 5.97 Å². The Hall–Kier alpha value is -0.680. The second kappa shape index (κ2) is 3.37. The van der Waals surface area contributed by atoms with Crippen molar-refractivity contribution in [2.75, 3.05) is 0 Å². The first-order valence-corrected chi connectivity index (χ1v) is 4.74. The molecule has 1 aromatic heterocycles. The number of nitrogens with zero attached hydrogens (tertiary/aromatic N) is 1. The molecule has 0 radical (unpaired) electrons. The van der Waals surface area contributed by atoms with Gasteiger partial charge in [-0.25, -0.2) is 4.79 Å². The molecule has 66 valence electrons. The van der Waals surface area contributed by atoms with E-state index in [1.54, 1.807) is 6.92 Å². The van der Waals surface area contributed by atoms with Crippen molar-refractivity contribution < 1.29 is 9.90 Å². The van der Waals surface area contributed by atoms with Crippen LogP contribution in [0.2, 0.25) is 0 Å². The summed E-state index contributed by atoms with van der Waals surface area (Å²) in [6.45, 7) is 4.45. The number of carboxylic acid groups (broad SMARTS) is 1. The molecular weight excluding hydrogens is 194 g/mol. The summed E-state index contributed by atoms with van der Waals surface area (Å²) in [6.07, 6.45) is 0. The predicted molar refractivity (Wildman–Crippen MR) is 50.5 cm³/mol. The van der Waals surface area contributed by atoms with Gasteiger partial charge in [0.1, 0.15) is 4.88 Å². The van der Waals surface area contributed by atoms with Gasteiger partial charge in [0, 0.05) is 12.2 Å². The van der Waals surface area contributed by atoms with Crippen molar-refractivity contribution in [2.24, 2.45) is 0 Å². The molecule has 5 heteroatoms. The Labute approximate surface area is 79.3 Å². The first kappa shape index (κ1) is 9.41. The highest BCUT2D eigenvalue weighted by molar-refractivity contribution is 7.73. The first-order valence-electron chi connectivity index (χ1n) is 3.51. The van der Waals surface area contributed by atoms with Gasteiger partial charge in [-0.1, -0.05) is 11.3 Å². The molecule has 0 saturated heterocycles. The lowest BCUT2D eigenvalue weighted by Crippen LogP contribution is -2.01. The van der Waals surface area contributed by atoms with Crippen LogP contribution in [0, 0.1) is 10.9 Å². The van der Waals surface area contributed by atoms with E-state index in [0.717, 1.165) is 23.6 Å². The lowest BCUT2D eigenvalue weighted by molar-refractivity contribution is 0.0701. The van der Waals surface area contributed by atoms with Crippen molar-refractivity contribution in [2.45, 2.75) is 20.4 Å². The Kier molecular flexibility index (Phi) is 2.64. The number of carbonyl (C=O) groups is 1. The third kappa shape index (κ3) is 1.42. The summed E-state index contributed by atoms with van der Waals surface area (Å²) >= 11 is 6.15. The minimum Gasteiger partial charge on any atom is -0.477 e. The van der Waals surface area contributed by atoms with E-state index in [9.17, 15) is 4.79 Å². The molecule has 3 nitrogen and oxygen atoms in total. The predicted octanol–water partition coefficient (Wildman–Crippen LogP) is 2.31. The van der Waals surface area contributed by atoms with Gasteiger partial charge in [-0.05, 0) is 26.1 Å². The molecule has 0 amide bonds. The quantitative estimate of drug-likeness (QED) is 0.750. The lowest BCUT2D eigenvalue weighted by atomic mass is 10.4. The summed E-state index contributed by atoms with van der Waals surface area (Å²) in [7, 11) is 0. The molecule has 0 aliphatic heterocycles. The van der Waals surface area contributed by atoms with Crippen LogP contribution < -0.4 is 0 Å². The Balaban J connectivity index is 3.36. The highest BCUT2D eigenvalue weighted by Gasteiger charge is 2.13. The maximum atomic E-state index is 10.7. The van der Waals surface area contributed by atoms with Crippen molar-refractivity contribution >= 4 is 29.5 Å². The van der Waals surface area contributed by atoms with Gasteiger partial charge in [0.05, 0.1) is 0 Å². The minimum atomic E-state index is -0.893. The molecular formula is C7H9NO2S2. The van der Waals surface area contributed by atoms with E-state index in [0.29, 0.717) is 8.83 Å². The van der Waals surface area contributed by atoms with Crippen LogP contribution in [0.5, 0.6) is 0 Å². The van der Waals surface area contributed by atoms with Crippen LogP contribution in [0.1, 0.15) is 22.3 Å². The standard InChI is InChI=1S/C7H9NO2S2/c1-3-8-4(2)5(6(9)10)12-7(8)11/h3H2,1-2H3,(H,9,10). The molecule has 0 spiro atoms. The zero-order valence-corrected chi connectivity index (χ0v) is 8.46. The zero-order valence-electron chi connectivity index (χ0n) is 6.83. The molecule has 0 saturated carbocycles. The molecule has 0 aliphatic rings. The zero-order chi connectivity index (χ0) is 9.30. The minimum absolute atomic E-state index is 0.349. The van der Waals surface area contributed by atoms with Crippen LogP contribution in [0.3, 0.4) is 0 Å². The van der Waals surface area contributed by atoms with Crippen LogP contribution in [0.25, 0.3) is 0 Å². The Morgan fingerprint density at radius 1 is 1.75 bits per heavy atom. The average molecular weight is 203 g/mol. The summed E-state index contributed by atoms with van der Waals surface area (Å²) in [5, 5.41) is 8.75. The Morgan fingerprint density at radius 3 is 2.58 bits per heavy atom. The lowest BCUT2D eigenvalue weighted by Gasteiger charge is -1.99. The van der Waals surface area contributed by atoms with Gasteiger partial charge >= 0.3 is 5.97 Å². The monoisotopic (exact) mass is 203 g/mol. The van der Waals surface area contributed by atoms with E-state index >= 15 is 0 Å². The van der Waals surface area contributed by atoms with Gasteiger partial charge in [0.2, 0.25) is 0 Å². The molecule has 1 rings (SSSR count). The van der Waals surface area contributed by atoms with Gasteiger partial charge in [0.25, 0.3) is 0 Å². The molecule has 0 atom stereocenters. The van der Waals surface area contributed by atoms with Gasteiger partial charge in [0.15, 0.2) is 3.95 Å². The maximum Gasteiger partial charge on any atom is 0.347 e. The van der Waals surface area contributed by atoms with E-state index in [4.69, 9.17) is 17.3 Å². The van der Waals surface area contributed by atoms with Crippen molar-refractivity contribution in [3.05, 3.63) is 14.5 Å². The van der Waals surface area contributed by atoms with E-state index in [1.165, 1.54) is 0 Å². The number of thiazole rings is 1. The first-order chi connectivity index (χ1) is 5.57. The molecule has 0 aromatic carbocycles. The number of carboxylic acids is 1. The number of aromatic carboxylic acids is 1. The maximum absolute atomic E-state index is 10.7. The fourth-order valence-electron chi connectivity index (χ4n) is 1.04. The summed E-state index contributed by atoms with van der Waals surface area (Å²) in [5.74, 6) is -0.893. The van der Waals surface area contributed by atoms with Crippen LogP contribution in [-0.4, -0.2) is 15.6 Å². The number of rotatable bonds is 2. The molecule has 12 heavy (non-hydrogen) atoms. The summed E-state index contributed by atoms with van der Waals surface area (Å²) in [6, 6.07) is 0. The Morgan fingerprint density at radius 2 is 2.33 bits per heavy atom. The fourth-order valence-corrected chi connectivity index (χ4v) is 2.45. The summed E-state index contributed by atoms with van der Waals surface area (Å²) in [5.41, 5.74) is 0.750. The Bertz CT molecular complexity index is 364. The fraction of sp³-hybridized carbons (Fsp3) is 0.429. The molecule has 0 unspecified atom stereocenters. The van der Waals surface area contributed by atoms with Gasteiger partial charge in [-0.15, -0.1) is 0 Å². The molecule has 1 N–H and O–H groups in total. The van der Waals surface area contributed by atoms with Crippen molar-refractivity contribution in [1.82, 2.24) is 4.57 Å². The summed E-state index contributed by atoms with van der Waals surface area (Å²) < 4.78 is 2.45. The summed E-state index contributed by atoms with van der Waals surface area (Å²) in [4.78, 5) is 11.0. The van der Waals surface area contributed by atoms with Gasteiger partial charge in [-0.2, -0.15) is 0 Å². The third-order valence-electron chi connectivity index (χ3n) is 1.65. The topological polar surface area (TPSA) is 42.2 Å². The van der Waals surface area contributed by atoms with Crippen LogP contribution in [0.15, 0.2) is 0 Å². The number of hydrogen-bond acceptors (Lipinski definition) is 3. The molecule has 1 aromatic rings. The van der Waals surface area contributed by atoms with E-state index in [-0.39, 0.29) is 0 Å². The average Bonchev–Trinajstić information content (AvgIpc) is 2.27. The number of hydrogen-bond donors (Lipinski definition) is 1. The van der Waals surface area contributed by atoms with Crippen LogP contribution >= 0.6 is 23.6 Å². The smallest absolute Gasteiger partial charge is 0.347 e. The molecule has 1 heterocycles. The van der Waals surface area contributed by atoms with Crippen LogP contribution in [-0.2, 0) is 6.54 Å². The second-order valence-corrected chi connectivity index (χ2v) is 3.98. The second-order valence-electron chi connectivity index (χ2n) is 2.33. The molecule has 0 aliphatic carbocycles. The van der Waals surface area contributed by atoms with E-state index in [1.807, 2.05) is 11.5 Å². The van der Waals surface area contributed by atoms with Gasteiger partial charge in [-0.3, -0.25) is 0 Å². The molecule has 0 bridgehead atoms.